The quantitative estimate of drug-likeness (QED) is 0.671. The summed E-state index contributed by atoms with van der Waals surface area (Å²) in [6.45, 7) is 5.00. The van der Waals surface area contributed by atoms with Gasteiger partial charge in [0.1, 0.15) is 0 Å². The minimum absolute atomic E-state index is 0.243. The Morgan fingerprint density at radius 3 is 2.14 bits per heavy atom. The highest BCUT2D eigenvalue weighted by Crippen LogP contribution is 2.26. The van der Waals surface area contributed by atoms with Crippen molar-refractivity contribution in [1.29, 1.82) is 0 Å². The molecule has 0 radical (unpaired) electrons. The number of ether oxygens (including phenoxy) is 2. The molecule has 2 N–H and O–H groups in total. The lowest BCUT2D eigenvalue weighted by atomic mass is 10.0. The van der Waals surface area contributed by atoms with Crippen LogP contribution in [0.3, 0.4) is 0 Å². The molecule has 0 amide bonds. The van der Waals surface area contributed by atoms with Crippen LogP contribution in [0.25, 0.3) is 0 Å². The van der Waals surface area contributed by atoms with Crippen molar-refractivity contribution < 1.29 is 9.47 Å². The molecule has 0 aromatic rings. The van der Waals surface area contributed by atoms with E-state index < -0.39 is 0 Å². The second kappa shape index (κ2) is 5.07. The zero-order valence-electron chi connectivity index (χ0n) is 9.45. The third-order valence-electron chi connectivity index (χ3n) is 2.91. The molecule has 1 unspecified atom stereocenters. The molecule has 4 heteroatoms. The van der Waals surface area contributed by atoms with Gasteiger partial charge in [0, 0.05) is 52.7 Å². The van der Waals surface area contributed by atoms with Crippen LogP contribution in [0.2, 0.25) is 0 Å². The van der Waals surface area contributed by atoms with E-state index in [4.69, 9.17) is 15.2 Å². The highest BCUT2D eigenvalue weighted by molar-refractivity contribution is 4.80. The second-order valence-corrected chi connectivity index (χ2v) is 4.10. The molecule has 0 spiro atoms. The Morgan fingerprint density at radius 1 is 1.29 bits per heavy atom. The Balaban J connectivity index is 2.37. The predicted molar refractivity (Wildman–Crippen MR) is 56.1 cm³/mol. The van der Waals surface area contributed by atoms with Crippen LogP contribution < -0.4 is 5.73 Å². The van der Waals surface area contributed by atoms with Gasteiger partial charge in [-0.1, -0.05) is 0 Å². The van der Waals surface area contributed by atoms with E-state index in [0.717, 1.165) is 32.5 Å². The maximum absolute atomic E-state index is 5.75. The number of nitrogens with two attached hydrogens (primary N) is 1. The number of piperidine rings is 1. The molecule has 1 aliphatic rings. The number of nitrogens with zero attached hydrogens (tertiary/aromatic N) is 1. The van der Waals surface area contributed by atoms with E-state index in [1.165, 1.54) is 0 Å². The fraction of sp³-hybridized carbons (Fsp3) is 1.00. The predicted octanol–water partition coefficient (Wildman–Crippen LogP) is 0.419. The van der Waals surface area contributed by atoms with Gasteiger partial charge in [-0.3, -0.25) is 0 Å². The van der Waals surface area contributed by atoms with Gasteiger partial charge in [0.05, 0.1) is 0 Å². The zero-order valence-corrected chi connectivity index (χ0v) is 9.45. The Labute approximate surface area is 86.3 Å². The summed E-state index contributed by atoms with van der Waals surface area (Å²) in [6, 6.07) is 0.243. The molecule has 1 rings (SSSR count). The average molecular weight is 202 g/mol. The first-order valence-corrected chi connectivity index (χ1v) is 5.20. The fourth-order valence-electron chi connectivity index (χ4n) is 1.98. The van der Waals surface area contributed by atoms with Crippen LogP contribution in [0.15, 0.2) is 0 Å². The van der Waals surface area contributed by atoms with Gasteiger partial charge in [0.2, 0.25) is 0 Å². The highest BCUT2D eigenvalue weighted by atomic mass is 16.7. The van der Waals surface area contributed by atoms with Crippen molar-refractivity contribution in [3.05, 3.63) is 0 Å². The number of likely N-dealkylation sites (tertiary alicyclic amines) is 1. The van der Waals surface area contributed by atoms with Gasteiger partial charge >= 0.3 is 0 Å². The van der Waals surface area contributed by atoms with Crippen LogP contribution >= 0.6 is 0 Å². The van der Waals surface area contributed by atoms with E-state index in [1.807, 2.05) is 6.92 Å². The van der Waals surface area contributed by atoms with Crippen LogP contribution in [0.4, 0.5) is 0 Å². The summed E-state index contributed by atoms with van der Waals surface area (Å²) in [5.41, 5.74) is 5.75. The number of rotatable bonds is 4. The molecule has 84 valence electrons. The van der Waals surface area contributed by atoms with Crippen molar-refractivity contribution in [2.24, 2.45) is 5.73 Å². The molecular weight excluding hydrogens is 180 g/mol. The van der Waals surface area contributed by atoms with Gasteiger partial charge < -0.3 is 20.1 Å². The standard InChI is InChI=1S/C10H22N2O2/c1-9(11)8-12-6-4-10(13-2,14-3)5-7-12/h9H,4-8,11H2,1-3H3. The van der Waals surface area contributed by atoms with E-state index in [2.05, 4.69) is 4.90 Å². The molecule has 1 atom stereocenters. The SMILES string of the molecule is COC1(OC)CCN(CC(C)N)CC1. The van der Waals surface area contributed by atoms with Crippen molar-refractivity contribution in [1.82, 2.24) is 4.90 Å². The molecule has 4 nitrogen and oxygen atoms in total. The summed E-state index contributed by atoms with van der Waals surface area (Å²) < 4.78 is 10.8. The lowest BCUT2D eigenvalue weighted by Crippen LogP contribution is -2.49. The third-order valence-corrected chi connectivity index (χ3v) is 2.91. The fourth-order valence-corrected chi connectivity index (χ4v) is 1.98. The van der Waals surface area contributed by atoms with E-state index in [9.17, 15) is 0 Å². The van der Waals surface area contributed by atoms with E-state index in [0.29, 0.717) is 0 Å². The van der Waals surface area contributed by atoms with Crippen LogP contribution in [0.5, 0.6) is 0 Å². The molecule has 0 aromatic carbocycles. The summed E-state index contributed by atoms with van der Waals surface area (Å²) in [6.07, 6.45) is 1.85. The summed E-state index contributed by atoms with van der Waals surface area (Å²) in [5.74, 6) is -0.353. The van der Waals surface area contributed by atoms with Gasteiger partial charge in [0.25, 0.3) is 0 Å². The van der Waals surface area contributed by atoms with Crippen molar-refractivity contribution in [2.75, 3.05) is 33.9 Å². The Hall–Kier alpha value is -0.160. The Morgan fingerprint density at radius 2 is 1.79 bits per heavy atom. The van der Waals surface area contributed by atoms with Gasteiger partial charge in [0.15, 0.2) is 5.79 Å². The third kappa shape index (κ3) is 2.92. The van der Waals surface area contributed by atoms with Gasteiger partial charge in [-0.25, -0.2) is 0 Å². The van der Waals surface area contributed by atoms with Crippen LogP contribution in [-0.2, 0) is 9.47 Å². The van der Waals surface area contributed by atoms with E-state index >= 15 is 0 Å². The molecule has 0 aromatic heterocycles. The number of methoxy groups -OCH3 is 2. The minimum atomic E-state index is -0.353. The maximum atomic E-state index is 5.75. The summed E-state index contributed by atoms with van der Waals surface area (Å²) >= 11 is 0. The second-order valence-electron chi connectivity index (χ2n) is 4.10. The monoisotopic (exact) mass is 202 g/mol. The molecule has 1 aliphatic heterocycles. The normalized spacial score (nSPS) is 24.9. The van der Waals surface area contributed by atoms with Gasteiger partial charge in [-0.2, -0.15) is 0 Å². The highest BCUT2D eigenvalue weighted by Gasteiger charge is 2.34. The van der Waals surface area contributed by atoms with Crippen molar-refractivity contribution >= 4 is 0 Å². The van der Waals surface area contributed by atoms with Crippen molar-refractivity contribution in [2.45, 2.75) is 31.6 Å². The van der Waals surface area contributed by atoms with Gasteiger partial charge in [-0.15, -0.1) is 0 Å². The summed E-state index contributed by atoms with van der Waals surface area (Å²) in [5, 5.41) is 0. The topological polar surface area (TPSA) is 47.7 Å². The maximum Gasteiger partial charge on any atom is 0.169 e. The molecule has 0 saturated carbocycles. The lowest BCUT2D eigenvalue weighted by molar-refractivity contribution is -0.229. The number of hydrogen-bond donors (Lipinski definition) is 1. The lowest BCUT2D eigenvalue weighted by Gasteiger charge is -2.40. The molecule has 0 aliphatic carbocycles. The molecular formula is C10H22N2O2. The van der Waals surface area contributed by atoms with Crippen LogP contribution in [-0.4, -0.2) is 50.6 Å². The largest absolute Gasteiger partial charge is 0.353 e. The smallest absolute Gasteiger partial charge is 0.169 e. The first-order valence-electron chi connectivity index (χ1n) is 5.20. The Bertz CT molecular complexity index is 160. The first kappa shape index (κ1) is 11.9. The first-order chi connectivity index (χ1) is 6.62. The van der Waals surface area contributed by atoms with Crippen molar-refractivity contribution in [3.8, 4) is 0 Å². The summed E-state index contributed by atoms with van der Waals surface area (Å²) in [7, 11) is 3.43. The summed E-state index contributed by atoms with van der Waals surface area (Å²) in [4.78, 5) is 2.36. The number of hydrogen-bond acceptors (Lipinski definition) is 4. The van der Waals surface area contributed by atoms with Crippen molar-refractivity contribution in [3.63, 3.8) is 0 Å². The van der Waals surface area contributed by atoms with Crippen LogP contribution in [0, 0.1) is 0 Å². The van der Waals surface area contributed by atoms with E-state index in [-0.39, 0.29) is 11.8 Å². The average Bonchev–Trinajstić information content (AvgIpc) is 2.19. The Kier molecular flexibility index (Phi) is 4.31. The molecule has 1 fully saturated rings. The molecule has 1 heterocycles. The molecule has 0 bridgehead atoms. The van der Waals surface area contributed by atoms with Gasteiger partial charge in [-0.05, 0) is 6.92 Å². The minimum Gasteiger partial charge on any atom is -0.353 e. The molecule has 1 saturated heterocycles. The molecule has 14 heavy (non-hydrogen) atoms. The zero-order chi connectivity index (χ0) is 10.6. The van der Waals surface area contributed by atoms with E-state index in [1.54, 1.807) is 14.2 Å². The van der Waals surface area contributed by atoms with Crippen LogP contribution in [0.1, 0.15) is 19.8 Å².